The first-order valence-corrected chi connectivity index (χ1v) is 7.06. The van der Waals surface area contributed by atoms with Gasteiger partial charge in [0, 0.05) is 18.5 Å². The van der Waals surface area contributed by atoms with Crippen LogP contribution >= 0.6 is 0 Å². The fourth-order valence-corrected chi connectivity index (χ4v) is 3.03. The zero-order valence-corrected chi connectivity index (χ0v) is 11.6. The molecule has 0 radical (unpaired) electrons. The summed E-state index contributed by atoms with van der Waals surface area (Å²) in [7, 11) is 0. The van der Waals surface area contributed by atoms with Crippen molar-refractivity contribution in [2.24, 2.45) is 0 Å². The molecule has 2 aromatic rings. The molecule has 3 rings (SSSR count). The smallest absolute Gasteiger partial charge is 0.197 e. The van der Waals surface area contributed by atoms with Crippen LogP contribution in [0.25, 0.3) is 5.52 Å². The average Bonchev–Trinajstić information content (AvgIpc) is 2.84. The number of hydrogen-bond acceptors (Lipinski definition) is 3. The van der Waals surface area contributed by atoms with Gasteiger partial charge in [0.2, 0.25) is 0 Å². The molecule has 0 amide bonds. The normalized spacial score (nSPS) is 21.3. The molecule has 1 saturated heterocycles. The summed E-state index contributed by atoms with van der Waals surface area (Å²) in [6.07, 6.45) is 4.20. The van der Waals surface area contributed by atoms with Gasteiger partial charge in [0.1, 0.15) is 5.82 Å². The van der Waals surface area contributed by atoms with Gasteiger partial charge in [-0.25, -0.2) is 4.98 Å². The maximum Gasteiger partial charge on any atom is 0.197 e. The zero-order valence-electron chi connectivity index (χ0n) is 11.6. The van der Waals surface area contributed by atoms with Gasteiger partial charge in [-0.3, -0.25) is 4.40 Å². The lowest BCUT2D eigenvalue weighted by atomic mass is 9.96. The summed E-state index contributed by atoms with van der Waals surface area (Å²) in [5.74, 6) is 1.69. The van der Waals surface area contributed by atoms with Gasteiger partial charge in [0.15, 0.2) is 5.88 Å². The maximum absolute atomic E-state index is 10.1. The Labute approximate surface area is 113 Å². The Morgan fingerprint density at radius 2 is 2.21 bits per heavy atom. The molecule has 1 fully saturated rings. The number of pyridine rings is 1. The monoisotopic (exact) mass is 259 g/mol. The van der Waals surface area contributed by atoms with Crippen LogP contribution in [0.2, 0.25) is 0 Å². The Bertz CT molecular complexity index is 576. The number of hydrogen-bond donors (Lipinski definition) is 1. The van der Waals surface area contributed by atoms with Crippen molar-refractivity contribution in [3.63, 3.8) is 0 Å². The van der Waals surface area contributed by atoms with Crippen molar-refractivity contribution < 1.29 is 5.11 Å². The molecule has 3 heterocycles. The number of fused-ring (bicyclic) bond motifs is 1. The lowest BCUT2D eigenvalue weighted by Gasteiger charge is -2.34. The van der Waals surface area contributed by atoms with Crippen molar-refractivity contribution in [2.45, 2.75) is 38.6 Å². The van der Waals surface area contributed by atoms with Gasteiger partial charge in [-0.15, -0.1) is 0 Å². The van der Waals surface area contributed by atoms with E-state index in [9.17, 15) is 5.11 Å². The third kappa shape index (κ3) is 2.21. The second-order valence-corrected chi connectivity index (χ2v) is 5.69. The summed E-state index contributed by atoms with van der Waals surface area (Å²) in [4.78, 5) is 7.05. The quantitative estimate of drug-likeness (QED) is 0.901. The van der Waals surface area contributed by atoms with Gasteiger partial charge in [-0.1, -0.05) is 6.07 Å². The van der Waals surface area contributed by atoms with Crippen LogP contribution in [0.1, 0.15) is 38.4 Å². The topological polar surface area (TPSA) is 40.8 Å². The first kappa shape index (κ1) is 12.5. The minimum absolute atomic E-state index is 0.284. The molecule has 0 aromatic carbocycles. The number of rotatable bonds is 2. The molecule has 4 nitrogen and oxygen atoms in total. The van der Waals surface area contributed by atoms with Gasteiger partial charge in [-0.05, 0) is 45.4 Å². The number of aromatic nitrogens is 2. The highest BCUT2D eigenvalue weighted by molar-refractivity contribution is 5.49. The van der Waals surface area contributed by atoms with Crippen LogP contribution in [0.3, 0.4) is 0 Å². The Kier molecular flexibility index (Phi) is 3.19. The molecule has 1 atom stereocenters. The molecule has 1 N–H and O–H groups in total. The summed E-state index contributed by atoms with van der Waals surface area (Å²) < 4.78 is 1.88. The second kappa shape index (κ2) is 4.85. The van der Waals surface area contributed by atoms with E-state index < -0.39 is 0 Å². The van der Waals surface area contributed by atoms with Crippen molar-refractivity contribution in [2.75, 3.05) is 13.1 Å². The summed E-state index contributed by atoms with van der Waals surface area (Å²) in [6, 6.07) is 6.14. The molecule has 0 aliphatic carbocycles. The molecule has 102 valence electrons. The summed E-state index contributed by atoms with van der Waals surface area (Å²) in [5, 5.41) is 10.1. The van der Waals surface area contributed by atoms with Crippen molar-refractivity contribution >= 4 is 5.52 Å². The third-order valence-electron chi connectivity index (χ3n) is 4.11. The standard InChI is InChI=1S/C15H21N3O/c1-11(2)17-8-4-5-12(10-17)15-16-9-13-6-3-7-14(19)18(13)15/h3,6-7,9,11-12,19H,4-5,8,10H2,1-2H3. The van der Waals surface area contributed by atoms with E-state index in [0.29, 0.717) is 12.0 Å². The first-order valence-electron chi connectivity index (χ1n) is 7.06. The molecule has 0 bridgehead atoms. The minimum atomic E-state index is 0.284. The van der Waals surface area contributed by atoms with E-state index >= 15 is 0 Å². The highest BCUT2D eigenvalue weighted by atomic mass is 16.3. The molecule has 4 heteroatoms. The Hall–Kier alpha value is -1.55. The summed E-state index contributed by atoms with van der Waals surface area (Å²) >= 11 is 0. The number of likely N-dealkylation sites (tertiary alicyclic amines) is 1. The van der Waals surface area contributed by atoms with Crippen LogP contribution in [-0.2, 0) is 0 Å². The van der Waals surface area contributed by atoms with E-state index in [1.807, 2.05) is 22.7 Å². The van der Waals surface area contributed by atoms with Crippen molar-refractivity contribution in [1.29, 1.82) is 0 Å². The van der Waals surface area contributed by atoms with E-state index in [4.69, 9.17) is 0 Å². The highest BCUT2D eigenvalue weighted by Gasteiger charge is 2.26. The highest BCUT2D eigenvalue weighted by Crippen LogP contribution is 2.29. The molecule has 2 aromatic heterocycles. The predicted molar refractivity (Wildman–Crippen MR) is 75.5 cm³/mol. The fourth-order valence-electron chi connectivity index (χ4n) is 3.03. The van der Waals surface area contributed by atoms with Gasteiger partial charge in [0.25, 0.3) is 0 Å². The minimum Gasteiger partial charge on any atom is -0.494 e. The molecule has 1 aliphatic heterocycles. The van der Waals surface area contributed by atoms with Crippen LogP contribution < -0.4 is 0 Å². The summed E-state index contributed by atoms with van der Waals surface area (Å²) in [5.41, 5.74) is 0.969. The fraction of sp³-hybridized carbons (Fsp3) is 0.533. The van der Waals surface area contributed by atoms with Crippen LogP contribution in [0.15, 0.2) is 24.4 Å². The molecule has 1 unspecified atom stereocenters. The van der Waals surface area contributed by atoms with Crippen molar-refractivity contribution in [3.8, 4) is 5.88 Å². The first-order chi connectivity index (χ1) is 9.16. The van der Waals surface area contributed by atoms with Gasteiger partial charge >= 0.3 is 0 Å². The lowest BCUT2D eigenvalue weighted by Crippen LogP contribution is -2.39. The lowest BCUT2D eigenvalue weighted by molar-refractivity contribution is 0.164. The number of nitrogens with zero attached hydrogens (tertiary/aromatic N) is 3. The number of aromatic hydroxyl groups is 1. The van der Waals surface area contributed by atoms with E-state index in [2.05, 4.69) is 23.7 Å². The third-order valence-corrected chi connectivity index (χ3v) is 4.11. The number of imidazole rings is 1. The van der Waals surface area contributed by atoms with Crippen molar-refractivity contribution in [1.82, 2.24) is 14.3 Å². The predicted octanol–water partition coefficient (Wildman–Crippen LogP) is 2.63. The maximum atomic E-state index is 10.1. The zero-order chi connectivity index (χ0) is 13.4. The van der Waals surface area contributed by atoms with Crippen LogP contribution in [0, 0.1) is 0 Å². The van der Waals surface area contributed by atoms with E-state index in [0.717, 1.165) is 24.3 Å². The largest absolute Gasteiger partial charge is 0.494 e. The molecule has 0 saturated carbocycles. The average molecular weight is 259 g/mol. The van der Waals surface area contributed by atoms with Gasteiger partial charge < -0.3 is 10.0 Å². The van der Waals surface area contributed by atoms with Gasteiger partial charge in [-0.2, -0.15) is 0 Å². The molecule has 1 aliphatic rings. The van der Waals surface area contributed by atoms with E-state index in [1.54, 1.807) is 6.07 Å². The Morgan fingerprint density at radius 3 is 3.00 bits per heavy atom. The SMILES string of the molecule is CC(C)N1CCCC(c2ncc3cccc(O)n23)C1. The second-order valence-electron chi connectivity index (χ2n) is 5.69. The van der Waals surface area contributed by atoms with Crippen LogP contribution in [0.5, 0.6) is 5.88 Å². The molecule has 19 heavy (non-hydrogen) atoms. The Morgan fingerprint density at radius 1 is 1.37 bits per heavy atom. The van der Waals surface area contributed by atoms with Crippen molar-refractivity contribution in [3.05, 3.63) is 30.2 Å². The molecule has 0 spiro atoms. The van der Waals surface area contributed by atoms with Gasteiger partial charge in [0.05, 0.1) is 11.7 Å². The Balaban J connectivity index is 1.96. The van der Waals surface area contributed by atoms with Crippen LogP contribution in [-0.4, -0.2) is 38.5 Å². The molecular weight excluding hydrogens is 238 g/mol. The summed E-state index contributed by atoms with van der Waals surface area (Å²) in [6.45, 7) is 6.68. The number of piperidine rings is 1. The molecular formula is C15H21N3O. The van der Waals surface area contributed by atoms with E-state index in [1.165, 1.54) is 13.0 Å². The van der Waals surface area contributed by atoms with E-state index in [-0.39, 0.29) is 5.88 Å². The van der Waals surface area contributed by atoms with Crippen LogP contribution in [0.4, 0.5) is 0 Å².